The van der Waals surface area contributed by atoms with E-state index < -0.39 is 0 Å². The highest BCUT2D eigenvalue weighted by molar-refractivity contribution is 6.15. The van der Waals surface area contributed by atoms with Crippen LogP contribution in [0.2, 0.25) is 0 Å². The lowest BCUT2D eigenvalue weighted by atomic mass is 9.71. The maximum atomic E-state index is 2.69. The quantitative estimate of drug-likeness (QED) is 0.261. The number of rotatable bonds is 3. The average molecular weight is 667 g/mol. The Morgan fingerprint density at radius 2 is 1.49 bits per heavy atom. The van der Waals surface area contributed by atoms with Gasteiger partial charge in [0.25, 0.3) is 0 Å². The summed E-state index contributed by atoms with van der Waals surface area (Å²) in [6.45, 7) is 12.1. The Morgan fingerprint density at radius 3 is 2.33 bits per heavy atom. The molecule has 51 heavy (non-hydrogen) atoms. The van der Waals surface area contributed by atoms with Gasteiger partial charge in [-0.15, -0.1) is 0 Å². The van der Waals surface area contributed by atoms with E-state index >= 15 is 0 Å². The third kappa shape index (κ3) is 5.06. The first-order chi connectivity index (χ1) is 24.6. The highest BCUT2D eigenvalue weighted by atomic mass is 14.4. The molecule has 0 saturated carbocycles. The molecule has 0 radical (unpaired) electrons. The van der Waals surface area contributed by atoms with Crippen molar-refractivity contribution in [3.05, 3.63) is 139 Å². The van der Waals surface area contributed by atoms with Crippen molar-refractivity contribution in [1.82, 2.24) is 0 Å². The van der Waals surface area contributed by atoms with Gasteiger partial charge in [-0.05, 0) is 177 Å². The molecule has 7 aliphatic rings. The van der Waals surface area contributed by atoms with E-state index in [2.05, 4.69) is 114 Å². The molecule has 0 nitrogen and oxygen atoms in total. The molecular formula is C51H54. The van der Waals surface area contributed by atoms with Crippen LogP contribution in [0.3, 0.4) is 0 Å². The number of fused-ring (bicyclic) bond motifs is 1. The van der Waals surface area contributed by atoms with Gasteiger partial charge in [-0.3, -0.25) is 0 Å². The van der Waals surface area contributed by atoms with Gasteiger partial charge in [-0.1, -0.05) is 125 Å². The molecule has 258 valence electrons. The molecule has 2 atom stereocenters. The minimum Gasteiger partial charge on any atom is -0.0839 e. The molecule has 3 aromatic rings. The summed E-state index contributed by atoms with van der Waals surface area (Å²) < 4.78 is 0. The van der Waals surface area contributed by atoms with E-state index in [1.807, 2.05) is 0 Å². The summed E-state index contributed by atoms with van der Waals surface area (Å²) in [7, 11) is 0. The molecule has 0 saturated heterocycles. The van der Waals surface area contributed by atoms with Crippen molar-refractivity contribution in [1.29, 1.82) is 0 Å². The fourth-order valence-electron chi connectivity index (χ4n) is 11.3. The van der Waals surface area contributed by atoms with E-state index in [4.69, 9.17) is 0 Å². The van der Waals surface area contributed by atoms with Crippen molar-refractivity contribution >= 4 is 33.2 Å². The van der Waals surface area contributed by atoms with E-state index in [0.29, 0.717) is 5.92 Å². The van der Waals surface area contributed by atoms with Gasteiger partial charge in [0, 0.05) is 5.41 Å². The van der Waals surface area contributed by atoms with Gasteiger partial charge >= 0.3 is 0 Å². The first-order valence-corrected chi connectivity index (χ1v) is 20.3. The molecular weight excluding hydrogens is 613 g/mol. The molecule has 0 aliphatic heterocycles. The molecule has 0 heterocycles. The average Bonchev–Trinajstić information content (AvgIpc) is 3.38. The molecule has 0 aromatic heterocycles. The van der Waals surface area contributed by atoms with Crippen molar-refractivity contribution in [2.45, 2.75) is 112 Å². The summed E-state index contributed by atoms with van der Waals surface area (Å²) in [5.41, 5.74) is 20.0. The lowest BCUT2D eigenvalue weighted by molar-refractivity contribution is 0.306. The number of allylic oxidation sites excluding steroid dienone is 16. The predicted octanol–water partition coefficient (Wildman–Crippen LogP) is 13.3. The van der Waals surface area contributed by atoms with Crippen LogP contribution in [0, 0.1) is 22.7 Å². The van der Waals surface area contributed by atoms with Crippen molar-refractivity contribution in [2.24, 2.45) is 22.7 Å². The van der Waals surface area contributed by atoms with E-state index in [0.717, 1.165) is 25.2 Å². The highest BCUT2D eigenvalue weighted by Crippen LogP contribution is 2.55. The van der Waals surface area contributed by atoms with E-state index in [-0.39, 0.29) is 10.8 Å². The Kier molecular flexibility index (Phi) is 7.20. The lowest BCUT2D eigenvalue weighted by Gasteiger charge is -2.34. The Labute approximate surface area is 305 Å². The largest absolute Gasteiger partial charge is 0.0839 e. The molecule has 0 spiro atoms. The van der Waals surface area contributed by atoms with Crippen LogP contribution in [0.5, 0.6) is 0 Å². The minimum absolute atomic E-state index is 0.176. The first-order valence-electron chi connectivity index (χ1n) is 20.3. The van der Waals surface area contributed by atoms with Crippen molar-refractivity contribution < 1.29 is 0 Å². The van der Waals surface area contributed by atoms with Gasteiger partial charge in [0.05, 0.1) is 0 Å². The summed E-state index contributed by atoms with van der Waals surface area (Å²) >= 11 is 0. The zero-order chi connectivity index (χ0) is 34.6. The number of hydrogen-bond donors (Lipinski definition) is 0. The monoisotopic (exact) mass is 666 g/mol. The zero-order valence-electron chi connectivity index (χ0n) is 31.6. The molecule has 7 aliphatic carbocycles. The third-order valence-electron chi connectivity index (χ3n) is 14.4. The number of benzene rings is 3. The summed E-state index contributed by atoms with van der Waals surface area (Å²) in [5, 5.41) is 7.24. The molecule has 0 amide bonds. The van der Waals surface area contributed by atoms with Gasteiger partial charge in [-0.2, -0.15) is 0 Å². The second-order valence-electron chi connectivity index (χ2n) is 18.5. The Bertz CT molecular complexity index is 2350. The van der Waals surface area contributed by atoms with Crippen molar-refractivity contribution in [3.8, 4) is 0 Å². The topological polar surface area (TPSA) is 0 Å². The van der Waals surface area contributed by atoms with E-state index in [9.17, 15) is 0 Å². The fourth-order valence-corrected chi connectivity index (χ4v) is 11.3. The predicted molar refractivity (Wildman–Crippen MR) is 218 cm³/mol. The third-order valence-corrected chi connectivity index (χ3v) is 14.4. The van der Waals surface area contributed by atoms with Crippen LogP contribution in [0.1, 0.15) is 116 Å². The molecule has 10 rings (SSSR count). The SMILES string of the molecule is CC1(C)C2=C(CCC=C2)C2=C1C=C(C1CCC3=C(CCC(C4=CC=C(c5ccc6ccc7c8c(ccc5c68)CC(C(C)(C)C)C=7)CC4)=C3)C1)CC2. The summed E-state index contributed by atoms with van der Waals surface area (Å²) in [4.78, 5) is 0. The van der Waals surface area contributed by atoms with Crippen LogP contribution in [-0.4, -0.2) is 0 Å². The molecule has 0 heteroatoms. The van der Waals surface area contributed by atoms with Crippen LogP contribution >= 0.6 is 0 Å². The Morgan fingerprint density at radius 1 is 0.686 bits per heavy atom. The normalized spacial score (nSPS) is 25.7. The van der Waals surface area contributed by atoms with Crippen LogP contribution in [0.4, 0.5) is 0 Å². The second-order valence-corrected chi connectivity index (χ2v) is 18.5. The fraction of sp³-hybridized carbons (Fsp3) is 0.412. The first kappa shape index (κ1) is 31.8. The standard InChI is InChI=1S/C51H54/c1-50(2,3)41-28-39-19-14-33-20-23-42(45-25-22-40(29-41)48(39)49(33)45)32-12-10-31(11-13-32)34-15-16-36-27-37(18-17-35(36)26-34)38-21-24-44-43-8-6-7-9-46(43)51(4,5)47(44)30-38/h7,9-10,12,14,19-20,22-23,25-26,28,30,37,41H,6,8,11,13,15-18,21,24,27,29H2,1-5H3. The van der Waals surface area contributed by atoms with E-state index in [1.165, 1.54) is 101 Å². The maximum absolute atomic E-state index is 2.69. The molecule has 3 aromatic carbocycles. The summed E-state index contributed by atoms with van der Waals surface area (Å²) in [5.74, 6) is 1.32. The molecule has 0 bridgehead atoms. The summed E-state index contributed by atoms with van der Waals surface area (Å²) in [6.07, 6.45) is 32.5. The van der Waals surface area contributed by atoms with E-state index in [1.54, 1.807) is 50.2 Å². The van der Waals surface area contributed by atoms with Gasteiger partial charge in [0.15, 0.2) is 0 Å². The van der Waals surface area contributed by atoms with Gasteiger partial charge in [-0.25, -0.2) is 0 Å². The van der Waals surface area contributed by atoms with Gasteiger partial charge < -0.3 is 0 Å². The molecule has 0 N–H and O–H groups in total. The van der Waals surface area contributed by atoms with Crippen LogP contribution in [0.15, 0.2) is 123 Å². The highest BCUT2D eigenvalue weighted by Gasteiger charge is 2.40. The summed E-state index contributed by atoms with van der Waals surface area (Å²) in [6, 6.07) is 14.4. The molecule has 2 unspecified atom stereocenters. The Balaban J connectivity index is 0.902. The smallest absolute Gasteiger partial charge is 0.0152 e. The van der Waals surface area contributed by atoms with Crippen LogP contribution < -0.4 is 5.22 Å². The zero-order valence-corrected chi connectivity index (χ0v) is 31.6. The number of hydrogen-bond acceptors (Lipinski definition) is 0. The van der Waals surface area contributed by atoms with Gasteiger partial charge in [0.1, 0.15) is 0 Å². The lowest BCUT2D eigenvalue weighted by Crippen LogP contribution is -2.26. The minimum atomic E-state index is 0.176. The van der Waals surface area contributed by atoms with Crippen LogP contribution in [0.25, 0.3) is 33.2 Å². The van der Waals surface area contributed by atoms with Crippen molar-refractivity contribution in [2.75, 3.05) is 0 Å². The molecule has 0 fully saturated rings. The maximum Gasteiger partial charge on any atom is 0.0152 e. The van der Waals surface area contributed by atoms with Crippen LogP contribution in [-0.2, 0) is 6.42 Å². The van der Waals surface area contributed by atoms with Crippen molar-refractivity contribution in [3.63, 3.8) is 0 Å². The second kappa shape index (κ2) is 11.6. The van der Waals surface area contributed by atoms with Gasteiger partial charge in [0.2, 0.25) is 0 Å². The Hall–Kier alpha value is -3.90.